The summed E-state index contributed by atoms with van der Waals surface area (Å²) in [6.07, 6.45) is 4.26. The fourth-order valence-electron chi connectivity index (χ4n) is 2.47. The first kappa shape index (κ1) is 14.4. The van der Waals surface area contributed by atoms with Gasteiger partial charge in [-0.05, 0) is 25.9 Å². The van der Waals surface area contributed by atoms with E-state index in [1.54, 1.807) is 24.6 Å². The molecule has 2 rings (SSSR count). The van der Waals surface area contributed by atoms with Gasteiger partial charge in [-0.2, -0.15) is 0 Å². The predicted octanol–water partition coefficient (Wildman–Crippen LogP) is 0.818. The lowest BCUT2D eigenvalue weighted by atomic mass is 9.78. The van der Waals surface area contributed by atoms with Crippen LogP contribution in [0, 0.1) is 5.41 Å². The van der Waals surface area contributed by atoms with Crippen molar-refractivity contribution in [1.29, 1.82) is 0 Å². The summed E-state index contributed by atoms with van der Waals surface area (Å²) in [4.78, 5) is 16.6. The lowest BCUT2D eigenvalue weighted by molar-refractivity contribution is -0.136. The molecule has 106 valence electrons. The first-order valence-corrected chi connectivity index (χ1v) is 7.51. The Morgan fingerprint density at radius 2 is 2.37 bits per heavy atom. The third-order valence-corrected chi connectivity index (χ3v) is 4.41. The fourth-order valence-corrected chi connectivity index (χ4v) is 3.09. The first-order valence-electron chi connectivity index (χ1n) is 6.63. The summed E-state index contributed by atoms with van der Waals surface area (Å²) in [5, 5.41) is 9.34. The fraction of sp³-hybridized carbons (Fsp3) is 0.692. The molecule has 1 fully saturated rings. The molecule has 2 N–H and O–H groups in total. The van der Waals surface area contributed by atoms with Crippen LogP contribution in [0.15, 0.2) is 11.6 Å². The zero-order valence-electron chi connectivity index (χ0n) is 11.3. The number of carbonyl (C=O) groups is 1. The third-order valence-electron chi connectivity index (χ3n) is 3.57. The maximum absolute atomic E-state index is 12.4. The predicted molar refractivity (Wildman–Crippen MR) is 75.2 cm³/mol. The van der Waals surface area contributed by atoms with E-state index in [9.17, 15) is 4.79 Å². The van der Waals surface area contributed by atoms with E-state index in [0.717, 1.165) is 37.4 Å². The second-order valence-corrected chi connectivity index (χ2v) is 5.87. The Kier molecular flexibility index (Phi) is 5.30. The van der Waals surface area contributed by atoms with Crippen molar-refractivity contribution in [2.75, 3.05) is 33.4 Å². The number of amides is 1. The minimum absolute atomic E-state index is 0.118. The van der Waals surface area contributed by atoms with Gasteiger partial charge in [0.25, 0.3) is 0 Å². The SMILES string of the molecule is COCC1(C(=O)NCCc2nccs2)CCNCC1. The quantitative estimate of drug-likeness (QED) is 0.811. The molecule has 0 aliphatic carbocycles. The highest BCUT2D eigenvalue weighted by molar-refractivity contribution is 7.09. The van der Waals surface area contributed by atoms with Crippen LogP contribution in [0.4, 0.5) is 0 Å². The number of aromatic nitrogens is 1. The van der Waals surface area contributed by atoms with Crippen molar-refractivity contribution in [3.63, 3.8) is 0 Å². The third kappa shape index (κ3) is 3.75. The van der Waals surface area contributed by atoms with Gasteiger partial charge in [0.05, 0.1) is 17.0 Å². The molecule has 19 heavy (non-hydrogen) atoms. The van der Waals surface area contributed by atoms with E-state index >= 15 is 0 Å². The van der Waals surface area contributed by atoms with Gasteiger partial charge in [0.15, 0.2) is 0 Å². The number of hydrogen-bond acceptors (Lipinski definition) is 5. The first-order chi connectivity index (χ1) is 9.27. The van der Waals surface area contributed by atoms with Gasteiger partial charge in [-0.15, -0.1) is 11.3 Å². The Bertz CT molecular complexity index is 383. The maximum atomic E-state index is 12.4. The van der Waals surface area contributed by atoms with Crippen LogP contribution >= 0.6 is 11.3 Å². The van der Waals surface area contributed by atoms with Crippen LogP contribution in [0.2, 0.25) is 0 Å². The number of thiazole rings is 1. The van der Waals surface area contributed by atoms with Gasteiger partial charge in [0.1, 0.15) is 0 Å². The summed E-state index contributed by atoms with van der Waals surface area (Å²) in [5.74, 6) is 0.118. The largest absolute Gasteiger partial charge is 0.384 e. The Hall–Kier alpha value is -0.980. The number of nitrogens with one attached hydrogen (secondary N) is 2. The molecule has 0 aromatic carbocycles. The molecule has 1 aromatic heterocycles. The van der Waals surface area contributed by atoms with Crippen LogP contribution in [0.5, 0.6) is 0 Å². The molecule has 1 aliphatic heterocycles. The molecule has 1 saturated heterocycles. The zero-order valence-corrected chi connectivity index (χ0v) is 12.1. The van der Waals surface area contributed by atoms with E-state index in [1.165, 1.54) is 0 Å². The number of rotatable bonds is 6. The Labute approximate surface area is 117 Å². The summed E-state index contributed by atoms with van der Waals surface area (Å²) in [5.41, 5.74) is -0.358. The molecule has 0 radical (unpaired) electrons. The van der Waals surface area contributed by atoms with Crippen molar-refractivity contribution < 1.29 is 9.53 Å². The number of nitrogens with zero attached hydrogens (tertiary/aromatic N) is 1. The number of piperidine rings is 1. The minimum Gasteiger partial charge on any atom is -0.384 e. The monoisotopic (exact) mass is 283 g/mol. The molecular formula is C13H21N3O2S. The second-order valence-electron chi connectivity index (χ2n) is 4.90. The van der Waals surface area contributed by atoms with Crippen LogP contribution in [0.25, 0.3) is 0 Å². The lowest BCUT2D eigenvalue weighted by Gasteiger charge is -2.35. The number of ether oxygens (including phenoxy) is 1. The van der Waals surface area contributed by atoms with Crippen LogP contribution < -0.4 is 10.6 Å². The molecule has 2 heterocycles. The van der Waals surface area contributed by atoms with E-state index in [1.807, 2.05) is 5.38 Å². The highest BCUT2D eigenvalue weighted by Crippen LogP contribution is 2.29. The van der Waals surface area contributed by atoms with E-state index in [-0.39, 0.29) is 11.3 Å². The average molecular weight is 283 g/mol. The van der Waals surface area contributed by atoms with Gasteiger partial charge in [-0.3, -0.25) is 4.79 Å². The van der Waals surface area contributed by atoms with Crippen LogP contribution in [0.1, 0.15) is 17.8 Å². The molecule has 0 atom stereocenters. The highest BCUT2D eigenvalue weighted by Gasteiger charge is 2.39. The van der Waals surface area contributed by atoms with Gasteiger partial charge < -0.3 is 15.4 Å². The number of methoxy groups -OCH3 is 1. The molecule has 5 nitrogen and oxygen atoms in total. The smallest absolute Gasteiger partial charge is 0.228 e. The Morgan fingerprint density at radius 1 is 1.58 bits per heavy atom. The van der Waals surface area contributed by atoms with Crippen LogP contribution in [0.3, 0.4) is 0 Å². The topological polar surface area (TPSA) is 63.2 Å². The van der Waals surface area contributed by atoms with Gasteiger partial charge in [-0.1, -0.05) is 0 Å². The molecular weight excluding hydrogens is 262 g/mol. The van der Waals surface area contributed by atoms with E-state index in [4.69, 9.17) is 4.74 Å². The number of carbonyl (C=O) groups excluding carboxylic acids is 1. The Balaban J connectivity index is 1.85. The molecule has 0 bridgehead atoms. The highest BCUT2D eigenvalue weighted by atomic mass is 32.1. The standard InChI is InChI=1S/C13H21N3O2S/c1-18-10-13(3-6-14-7-4-13)12(17)16-5-2-11-15-8-9-19-11/h8-9,14H,2-7,10H2,1H3,(H,16,17). The van der Waals surface area contributed by atoms with Crippen LogP contribution in [-0.4, -0.2) is 44.2 Å². The molecule has 1 amide bonds. The summed E-state index contributed by atoms with van der Waals surface area (Å²) in [6, 6.07) is 0. The van der Waals surface area contributed by atoms with Crippen molar-refractivity contribution >= 4 is 17.2 Å². The van der Waals surface area contributed by atoms with Crippen molar-refractivity contribution in [2.24, 2.45) is 5.41 Å². The van der Waals surface area contributed by atoms with Crippen molar-refractivity contribution in [1.82, 2.24) is 15.6 Å². The van der Waals surface area contributed by atoms with Gasteiger partial charge >= 0.3 is 0 Å². The normalized spacial score (nSPS) is 18.2. The molecule has 0 unspecified atom stereocenters. The Morgan fingerprint density at radius 3 is 3.00 bits per heavy atom. The lowest BCUT2D eigenvalue weighted by Crippen LogP contribution is -2.50. The van der Waals surface area contributed by atoms with Crippen LogP contribution in [-0.2, 0) is 16.0 Å². The average Bonchev–Trinajstić information content (AvgIpc) is 2.93. The minimum atomic E-state index is -0.358. The molecule has 1 aromatic rings. The summed E-state index contributed by atoms with van der Waals surface area (Å²) in [7, 11) is 1.66. The van der Waals surface area contributed by atoms with E-state index < -0.39 is 0 Å². The van der Waals surface area contributed by atoms with Crippen molar-refractivity contribution in [2.45, 2.75) is 19.3 Å². The summed E-state index contributed by atoms with van der Waals surface area (Å²) >= 11 is 1.62. The molecule has 1 aliphatic rings. The molecule has 6 heteroatoms. The van der Waals surface area contributed by atoms with E-state index in [2.05, 4.69) is 15.6 Å². The zero-order chi connectivity index (χ0) is 13.6. The maximum Gasteiger partial charge on any atom is 0.228 e. The van der Waals surface area contributed by atoms with Gasteiger partial charge in [-0.25, -0.2) is 4.98 Å². The second kappa shape index (κ2) is 6.98. The molecule has 0 saturated carbocycles. The summed E-state index contributed by atoms with van der Waals surface area (Å²) < 4.78 is 5.26. The number of hydrogen-bond donors (Lipinski definition) is 2. The van der Waals surface area contributed by atoms with Crippen molar-refractivity contribution in [3.05, 3.63) is 16.6 Å². The van der Waals surface area contributed by atoms with Gasteiger partial charge in [0, 0.05) is 31.7 Å². The summed E-state index contributed by atoms with van der Waals surface area (Å²) in [6.45, 7) is 2.90. The molecule has 0 spiro atoms. The van der Waals surface area contributed by atoms with E-state index in [0.29, 0.717) is 13.2 Å². The van der Waals surface area contributed by atoms with Crippen molar-refractivity contribution in [3.8, 4) is 0 Å². The van der Waals surface area contributed by atoms with Gasteiger partial charge in [0.2, 0.25) is 5.91 Å².